The number of hydrogen-bond acceptors (Lipinski definition) is 3. The lowest BCUT2D eigenvalue weighted by atomic mass is 9.83. The first kappa shape index (κ1) is 15.0. The summed E-state index contributed by atoms with van der Waals surface area (Å²) >= 11 is 0. The van der Waals surface area contributed by atoms with E-state index in [2.05, 4.69) is 10.6 Å². The van der Waals surface area contributed by atoms with E-state index in [0.717, 1.165) is 25.8 Å². The highest BCUT2D eigenvalue weighted by Crippen LogP contribution is 2.29. The third-order valence-corrected chi connectivity index (χ3v) is 3.90. The van der Waals surface area contributed by atoms with Crippen LogP contribution in [0.5, 0.6) is 0 Å². The summed E-state index contributed by atoms with van der Waals surface area (Å²) in [5.74, 6) is -1.30. The van der Waals surface area contributed by atoms with E-state index in [1.54, 1.807) is 0 Å². The summed E-state index contributed by atoms with van der Waals surface area (Å²) in [5, 5.41) is 15.1. The molecule has 0 saturated carbocycles. The predicted octanol–water partition coefficient (Wildman–Crippen LogP) is 0.993. The minimum Gasteiger partial charge on any atom is -0.481 e. The van der Waals surface area contributed by atoms with E-state index < -0.39 is 11.9 Å². The van der Waals surface area contributed by atoms with Crippen molar-refractivity contribution in [1.29, 1.82) is 0 Å². The second-order valence-electron chi connectivity index (χ2n) is 5.09. The van der Waals surface area contributed by atoms with Crippen LogP contribution in [-0.2, 0) is 9.59 Å². The molecule has 1 aliphatic rings. The van der Waals surface area contributed by atoms with Gasteiger partial charge in [0, 0.05) is 13.1 Å². The molecule has 0 aliphatic carbocycles. The van der Waals surface area contributed by atoms with Gasteiger partial charge >= 0.3 is 5.97 Å². The van der Waals surface area contributed by atoms with E-state index in [1.165, 1.54) is 0 Å². The summed E-state index contributed by atoms with van der Waals surface area (Å²) in [6, 6.07) is 0. The van der Waals surface area contributed by atoms with Crippen LogP contribution in [0.15, 0.2) is 0 Å². The van der Waals surface area contributed by atoms with Crippen LogP contribution >= 0.6 is 0 Å². The standard InChI is InChI=1S/C13H24N2O3/c1-3-5-10(11(16)17)8-15-12(18)13(4-2)6-7-14-9-13/h10,14H,3-9H2,1-2H3,(H,15,18)(H,16,17). The number of carboxylic acid groups (broad SMARTS) is 1. The maximum atomic E-state index is 12.2. The van der Waals surface area contributed by atoms with Crippen LogP contribution < -0.4 is 10.6 Å². The quantitative estimate of drug-likeness (QED) is 0.635. The Morgan fingerprint density at radius 1 is 1.44 bits per heavy atom. The molecular weight excluding hydrogens is 232 g/mol. The van der Waals surface area contributed by atoms with E-state index in [4.69, 9.17) is 5.11 Å². The Bertz CT molecular complexity index is 299. The van der Waals surface area contributed by atoms with Gasteiger partial charge in [-0.3, -0.25) is 9.59 Å². The highest BCUT2D eigenvalue weighted by Gasteiger charge is 2.39. The highest BCUT2D eigenvalue weighted by molar-refractivity contribution is 5.83. The van der Waals surface area contributed by atoms with Crippen LogP contribution in [0, 0.1) is 11.3 Å². The molecule has 3 N–H and O–H groups in total. The summed E-state index contributed by atoms with van der Waals surface area (Å²) < 4.78 is 0. The molecule has 0 spiro atoms. The topological polar surface area (TPSA) is 78.4 Å². The minimum absolute atomic E-state index is 0.00245. The van der Waals surface area contributed by atoms with Crippen LogP contribution in [0.3, 0.4) is 0 Å². The van der Waals surface area contributed by atoms with Crippen molar-refractivity contribution in [2.45, 2.75) is 39.5 Å². The number of nitrogens with one attached hydrogen (secondary N) is 2. The minimum atomic E-state index is -0.827. The van der Waals surface area contributed by atoms with Crippen molar-refractivity contribution in [1.82, 2.24) is 10.6 Å². The number of carbonyl (C=O) groups is 2. The molecule has 1 amide bonds. The summed E-state index contributed by atoms with van der Waals surface area (Å²) in [4.78, 5) is 23.2. The zero-order chi connectivity index (χ0) is 13.6. The molecule has 2 atom stereocenters. The van der Waals surface area contributed by atoms with Gasteiger partial charge in [-0.15, -0.1) is 0 Å². The Kier molecular flexibility index (Phi) is 5.59. The van der Waals surface area contributed by atoms with Crippen molar-refractivity contribution in [3.05, 3.63) is 0 Å². The Hall–Kier alpha value is -1.10. The second-order valence-corrected chi connectivity index (χ2v) is 5.09. The first-order valence-electron chi connectivity index (χ1n) is 6.77. The lowest BCUT2D eigenvalue weighted by Gasteiger charge is -2.26. The van der Waals surface area contributed by atoms with Crippen molar-refractivity contribution in [2.24, 2.45) is 11.3 Å². The molecule has 1 saturated heterocycles. The number of amides is 1. The molecule has 1 fully saturated rings. The van der Waals surface area contributed by atoms with Crippen LogP contribution in [0.4, 0.5) is 0 Å². The molecule has 1 aliphatic heterocycles. The van der Waals surface area contributed by atoms with E-state index >= 15 is 0 Å². The first-order chi connectivity index (χ1) is 8.55. The van der Waals surface area contributed by atoms with E-state index in [-0.39, 0.29) is 17.9 Å². The molecular formula is C13H24N2O3. The van der Waals surface area contributed by atoms with Crippen LogP contribution in [0.1, 0.15) is 39.5 Å². The number of carbonyl (C=O) groups excluding carboxylic acids is 1. The lowest BCUT2D eigenvalue weighted by molar-refractivity contribution is -0.142. The molecule has 1 heterocycles. The number of aliphatic carboxylic acids is 1. The van der Waals surface area contributed by atoms with Gasteiger partial charge in [-0.2, -0.15) is 0 Å². The molecule has 0 aromatic carbocycles. The fraction of sp³-hybridized carbons (Fsp3) is 0.846. The zero-order valence-corrected chi connectivity index (χ0v) is 11.3. The SMILES string of the molecule is CCCC(CNC(=O)C1(CC)CCNC1)C(=O)O. The average Bonchev–Trinajstić information content (AvgIpc) is 2.83. The predicted molar refractivity (Wildman–Crippen MR) is 69.3 cm³/mol. The van der Waals surface area contributed by atoms with Gasteiger partial charge in [0.25, 0.3) is 0 Å². The Labute approximate surface area is 108 Å². The van der Waals surface area contributed by atoms with Crippen LogP contribution in [0.2, 0.25) is 0 Å². The smallest absolute Gasteiger partial charge is 0.308 e. The summed E-state index contributed by atoms with van der Waals surface area (Å²) in [5.41, 5.74) is -0.338. The van der Waals surface area contributed by atoms with Crippen LogP contribution in [-0.4, -0.2) is 36.6 Å². The molecule has 0 aromatic rings. The number of rotatable bonds is 7. The number of hydrogen-bond donors (Lipinski definition) is 3. The Morgan fingerprint density at radius 2 is 2.17 bits per heavy atom. The second kappa shape index (κ2) is 6.73. The van der Waals surface area contributed by atoms with Gasteiger partial charge < -0.3 is 15.7 Å². The highest BCUT2D eigenvalue weighted by atomic mass is 16.4. The maximum absolute atomic E-state index is 12.2. The largest absolute Gasteiger partial charge is 0.481 e. The Balaban J connectivity index is 2.51. The zero-order valence-electron chi connectivity index (χ0n) is 11.3. The van der Waals surface area contributed by atoms with Crippen molar-refractivity contribution in [2.75, 3.05) is 19.6 Å². The molecule has 0 aromatic heterocycles. The number of carboxylic acids is 1. The Morgan fingerprint density at radius 3 is 2.61 bits per heavy atom. The monoisotopic (exact) mass is 256 g/mol. The van der Waals surface area contributed by atoms with Gasteiger partial charge in [0.1, 0.15) is 0 Å². The van der Waals surface area contributed by atoms with E-state index in [9.17, 15) is 9.59 Å². The normalized spacial score (nSPS) is 24.8. The van der Waals surface area contributed by atoms with Crippen molar-refractivity contribution in [3.63, 3.8) is 0 Å². The van der Waals surface area contributed by atoms with Crippen molar-refractivity contribution in [3.8, 4) is 0 Å². The lowest BCUT2D eigenvalue weighted by Crippen LogP contribution is -2.44. The summed E-state index contributed by atoms with van der Waals surface area (Å²) in [6.45, 7) is 5.75. The molecule has 104 valence electrons. The van der Waals surface area contributed by atoms with E-state index in [1.807, 2.05) is 13.8 Å². The van der Waals surface area contributed by atoms with Crippen molar-refractivity contribution >= 4 is 11.9 Å². The maximum Gasteiger partial charge on any atom is 0.308 e. The van der Waals surface area contributed by atoms with E-state index in [0.29, 0.717) is 13.0 Å². The first-order valence-corrected chi connectivity index (χ1v) is 6.77. The van der Waals surface area contributed by atoms with Gasteiger partial charge in [-0.05, 0) is 25.8 Å². The molecule has 2 unspecified atom stereocenters. The van der Waals surface area contributed by atoms with Crippen molar-refractivity contribution < 1.29 is 14.7 Å². The average molecular weight is 256 g/mol. The summed E-state index contributed by atoms with van der Waals surface area (Å²) in [7, 11) is 0. The molecule has 0 radical (unpaired) electrons. The van der Waals surface area contributed by atoms with Crippen LogP contribution in [0.25, 0.3) is 0 Å². The van der Waals surface area contributed by atoms with Gasteiger partial charge in [-0.1, -0.05) is 20.3 Å². The van der Waals surface area contributed by atoms with Gasteiger partial charge in [-0.25, -0.2) is 0 Å². The molecule has 18 heavy (non-hydrogen) atoms. The fourth-order valence-electron chi connectivity index (χ4n) is 2.46. The van der Waals surface area contributed by atoms with Gasteiger partial charge in [0.2, 0.25) is 5.91 Å². The molecule has 5 heteroatoms. The molecule has 5 nitrogen and oxygen atoms in total. The van der Waals surface area contributed by atoms with Gasteiger partial charge in [0.05, 0.1) is 11.3 Å². The van der Waals surface area contributed by atoms with Gasteiger partial charge in [0.15, 0.2) is 0 Å². The molecule has 0 bridgehead atoms. The third kappa shape index (κ3) is 3.45. The fourth-order valence-corrected chi connectivity index (χ4v) is 2.46. The third-order valence-electron chi connectivity index (χ3n) is 3.90. The summed E-state index contributed by atoms with van der Waals surface area (Å²) in [6.07, 6.45) is 3.04. The molecule has 1 rings (SSSR count).